The van der Waals surface area contributed by atoms with E-state index in [2.05, 4.69) is 34.6 Å². The van der Waals surface area contributed by atoms with Crippen molar-refractivity contribution < 1.29 is 4.79 Å². The molecule has 1 aromatic rings. The minimum atomic E-state index is -0.129. The van der Waals surface area contributed by atoms with Gasteiger partial charge in [0.25, 0.3) is 5.91 Å². The van der Waals surface area contributed by atoms with Gasteiger partial charge in [0.2, 0.25) is 0 Å². The van der Waals surface area contributed by atoms with Gasteiger partial charge in [-0.1, -0.05) is 6.42 Å². The first-order chi connectivity index (χ1) is 9.61. The van der Waals surface area contributed by atoms with Crippen LogP contribution in [0.1, 0.15) is 50.5 Å². The average Bonchev–Trinajstić information content (AvgIpc) is 2.44. The normalized spacial score (nSPS) is 23.4. The van der Waals surface area contributed by atoms with Gasteiger partial charge in [-0.3, -0.25) is 9.78 Å². The molecule has 0 aromatic carbocycles. The third kappa shape index (κ3) is 3.48. The molecule has 110 valence electrons. The fourth-order valence-electron chi connectivity index (χ4n) is 2.67. The zero-order valence-corrected chi connectivity index (χ0v) is 12.5. The molecule has 1 aliphatic rings. The predicted molar refractivity (Wildman–Crippen MR) is 80.5 cm³/mol. The van der Waals surface area contributed by atoms with Gasteiger partial charge in [-0.25, -0.2) is 5.01 Å². The lowest BCUT2D eigenvalue weighted by Crippen LogP contribution is -2.47. The number of hydrogen-bond acceptors (Lipinski definition) is 4. The highest BCUT2D eigenvalue weighted by molar-refractivity contribution is 5.92. The van der Waals surface area contributed by atoms with Crippen molar-refractivity contribution in [2.75, 3.05) is 12.0 Å². The summed E-state index contributed by atoms with van der Waals surface area (Å²) in [6.45, 7) is 6.97. The Morgan fingerprint density at radius 3 is 2.75 bits per heavy atom. The van der Waals surface area contributed by atoms with Crippen LogP contribution in [-0.2, 0) is 0 Å². The van der Waals surface area contributed by atoms with E-state index in [0.29, 0.717) is 24.3 Å². The van der Waals surface area contributed by atoms with Crippen molar-refractivity contribution in [3.8, 4) is 0 Å². The third-order valence-corrected chi connectivity index (χ3v) is 3.78. The predicted octanol–water partition coefficient (Wildman–Crippen LogP) is 2.42. The number of piperidine rings is 1. The number of amides is 1. The van der Waals surface area contributed by atoms with E-state index in [1.807, 2.05) is 13.0 Å². The molecule has 2 rings (SSSR count). The Bertz CT molecular complexity index is 453. The van der Waals surface area contributed by atoms with Gasteiger partial charge in [-0.15, -0.1) is 0 Å². The smallest absolute Gasteiger partial charge is 0.269 e. The van der Waals surface area contributed by atoms with E-state index in [1.165, 1.54) is 19.3 Å². The van der Waals surface area contributed by atoms with Crippen molar-refractivity contribution in [3.05, 3.63) is 24.0 Å². The summed E-state index contributed by atoms with van der Waals surface area (Å²) in [4.78, 5) is 15.9. The Morgan fingerprint density at radius 2 is 2.10 bits per heavy atom. The van der Waals surface area contributed by atoms with Crippen LogP contribution in [0.2, 0.25) is 0 Å². The standard InChI is InChI=1S/C15H24N4O/c1-4-16-15(20)14-10-13(8-9-17-14)18-19-11(2)6-5-7-12(19)3/h8-12H,4-7H2,1-3H3,(H,16,20)(H,17,18). The second-order valence-corrected chi connectivity index (χ2v) is 5.44. The Labute approximate surface area is 120 Å². The minimum Gasteiger partial charge on any atom is -0.351 e. The summed E-state index contributed by atoms with van der Waals surface area (Å²) in [5.74, 6) is -0.129. The Morgan fingerprint density at radius 1 is 1.40 bits per heavy atom. The molecule has 1 amide bonds. The number of aromatic nitrogens is 1. The summed E-state index contributed by atoms with van der Waals surface area (Å²) in [5.41, 5.74) is 4.80. The van der Waals surface area contributed by atoms with Crippen LogP contribution in [0.4, 0.5) is 5.69 Å². The van der Waals surface area contributed by atoms with E-state index in [-0.39, 0.29) is 5.91 Å². The van der Waals surface area contributed by atoms with Gasteiger partial charge in [0, 0.05) is 24.8 Å². The number of anilines is 1. The van der Waals surface area contributed by atoms with E-state index in [9.17, 15) is 4.79 Å². The zero-order valence-electron chi connectivity index (χ0n) is 12.5. The van der Waals surface area contributed by atoms with Crippen molar-refractivity contribution in [2.24, 2.45) is 0 Å². The highest BCUT2D eigenvalue weighted by atomic mass is 16.1. The molecular formula is C15H24N4O. The van der Waals surface area contributed by atoms with Crippen molar-refractivity contribution >= 4 is 11.6 Å². The molecular weight excluding hydrogens is 252 g/mol. The van der Waals surface area contributed by atoms with Crippen LogP contribution in [0.25, 0.3) is 0 Å². The molecule has 1 aliphatic heterocycles. The van der Waals surface area contributed by atoms with Gasteiger partial charge in [0.1, 0.15) is 5.69 Å². The lowest BCUT2D eigenvalue weighted by Gasteiger charge is -2.39. The van der Waals surface area contributed by atoms with Gasteiger partial charge in [-0.2, -0.15) is 0 Å². The molecule has 0 bridgehead atoms. The highest BCUT2D eigenvalue weighted by Gasteiger charge is 2.24. The van der Waals surface area contributed by atoms with Crippen molar-refractivity contribution in [2.45, 2.75) is 52.1 Å². The largest absolute Gasteiger partial charge is 0.351 e. The molecule has 0 spiro atoms. The van der Waals surface area contributed by atoms with Crippen molar-refractivity contribution in [1.82, 2.24) is 15.3 Å². The quantitative estimate of drug-likeness (QED) is 0.886. The molecule has 5 nitrogen and oxygen atoms in total. The molecule has 2 N–H and O–H groups in total. The first kappa shape index (κ1) is 14.8. The summed E-state index contributed by atoms with van der Waals surface area (Å²) < 4.78 is 0. The first-order valence-corrected chi connectivity index (χ1v) is 7.41. The number of rotatable bonds is 4. The maximum atomic E-state index is 11.8. The molecule has 5 heteroatoms. The number of carbonyl (C=O) groups excluding carboxylic acids is 1. The second-order valence-electron chi connectivity index (χ2n) is 5.44. The number of carbonyl (C=O) groups is 1. The Kier molecular flexibility index (Phi) is 4.95. The molecule has 0 saturated carbocycles. The van der Waals surface area contributed by atoms with Gasteiger partial charge in [-0.05, 0) is 45.7 Å². The maximum Gasteiger partial charge on any atom is 0.269 e. The van der Waals surface area contributed by atoms with Crippen LogP contribution in [0.3, 0.4) is 0 Å². The molecule has 0 aliphatic carbocycles. The van der Waals surface area contributed by atoms with E-state index in [1.54, 1.807) is 12.3 Å². The van der Waals surface area contributed by atoms with E-state index >= 15 is 0 Å². The first-order valence-electron chi connectivity index (χ1n) is 7.41. The summed E-state index contributed by atoms with van der Waals surface area (Å²) in [7, 11) is 0. The summed E-state index contributed by atoms with van der Waals surface area (Å²) in [6, 6.07) is 4.70. The number of hydrazine groups is 1. The van der Waals surface area contributed by atoms with E-state index in [4.69, 9.17) is 0 Å². The number of pyridine rings is 1. The minimum absolute atomic E-state index is 0.129. The van der Waals surface area contributed by atoms with Gasteiger partial charge in [0.15, 0.2) is 0 Å². The summed E-state index contributed by atoms with van der Waals surface area (Å²) in [6.07, 6.45) is 5.35. The lowest BCUT2D eigenvalue weighted by molar-refractivity contribution is 0.0951. The molecule has 1 aromatic heterocycles. The Hall–Kier alpha value is -1.62. The summed E-state index contributed by atoms with van der Waals surface area (Å²) in [5, 5.41) is 5.05. The van der Waals surface area contributed by atoms with Crippen molar-refractivity contribution in [3.63, 3.8) is 0 Å². The molecule has 20 heavy (non-hydrogen) atoms. The van der Waals surface area contributed by atoms with Gasteiger partial charge >= 0.3 is 0 Å². The monoisotopic (exact) mass is 276 g/mol. The van der Waals surface area contributed by atoms with Crippen LogP contribution >= 0.6 is 0 Å². The summed E-state index contributed by atoms with van der Waals surface area (Å²) >= 11 is 0. The number of nitrogens with zero attached hydrogens (tertiary/aromatic N) is 2. The van der Waals surface area contributed by atoms with Crippen LogP contribution in [0.15, 0.2) is 18.3 Å². The average molecular weight is 276 g/mol. The van der Waals surface area contributed by atoms with Crippen LogP contribution in [0, 0.1) is 0 Å². The number of nitrogens with one attached hydrogen (secondary N) is 2. The topological polar surface area (TPSA) is 57.3 Å². The van der Waals surface area contributed by atoms with E-state index < -0.39 is 0 Å². The molecule has 1 fully saturated rings. The van der Waals surface area contributed by atoms with Crippen LogP contribution in [0.5, 0.6) is 0 Å². The van der Waals surface area contributed by atoms with Crippen LogP contribution < -0.4 is 10.7 Å². The number of hydrogen-bond donors (Lipinski definition) is 2. The molecule has 2 atom stereocenters. The molecule has 0 radical (unpaired) electrons. The fourth-order valence-corrected chi connectivity index (χ4v) is 2.67. The third-order valence-electron chi connectivity index (χ3n) is 3.78. The maximum absolute atomic E-state index is 11.8. The van der Waals surface area contributed by atoms with Gasteiger partial charge in [0.05, 0.1) is 5.69 Å². The molecule has 1 saturated heterocycles. The highest BCUT2D eigenvalue weighted by Crippen LogP contribution is 2.23. The zero-order chi connectivity index (χ0) is 14.5. The molecule has 2 unspecified atom stereocenters. The second kappa shape index (κ2) is 6.70. The SMILES string of the molecule is CCNC(=O)c1cc(NN2C(C)CCCC2C)ccn1. The lowest BCUT2D eigenvalue weighted by atomic mass is 10.00. The van der Waals surface area contributed by atoms with Crippen LogP contribution in [-0.4, -0.2) is 34.5 Å². The van der Waals surface area contributed by atoms with Gasteiger partial charge < -0.3 is 10.7 Å². The fraction of sp³-hybridized carbons (Fsp3) is 0.600. The Balaban J connectivity index is 2.09. The van der Waals surface area contributed by atoms with Crippen molar-refractivity contribution in [1.29, 1.82) is 0 Å². The molecule has 2 heterocycles. The van der Waals surface area contributed by atoms with E-state index in [0.717, 1.165) is 5.69 Å².